The van der Waals surface area contributed by atoms with E-state index in [1.54, 1.807) is 6.08 Å². The number of unbranched alkanes of at least 4 members (excludes halogenated alkanes) is 18. The summed E-state index contributed by atoms with van der Waals surface area (Å²) in [7, 11) is 0. The molecule has 0 N–H and O–H groups in total. The predicted molar refractivity (Wildman–Crippen MR) is 181 cm³/mol. The van der Waals surface area contributed by atoms with E-state index in [1.165, 1.54) is 116 Å². The van der Waals surface area contributed by atoms with E-state index in [4.69, 9.17) is 9.47 Å². The Morgan fingerprint density at radius 3 is 1.52 bits per heavy atom. The first-order valence-electron chi connectivity index (χ1n) is 17.4. The van der Waals surface area contributed by atoms with Gasteiger partial charge in [-0.15, -0.1) is 0 Å². The molecule has 0 radical (unpaired) electrons. The molecule has 0 spiro atoms. The standard InChI is InChI=1S/C39H60O3/c1-3-5-7-9-10-11-12-13-14-15-16-17-18-19-20-22-33-42-38-25-23-24-36(34-38)39(40)31-28-35-26-29-37(30-27-35)41-32-21-8-6-4-2/h23-31,34H,3-22,32-33H2,1-2H3/b31-28+. The molecule has 0 heterocycles. The molecule has 0 saturated heterocycles. The minimum absolute atomic E-state index is 0.0147. The van der Waals surface area contributed by atoms with Crippen LogP contribution in [0.1, 0.15) is 158 Å². The van der Waals surface area contributed by atoms with E-state index >= 15 is 0 Å². The topological polar surface area (TPSA) is 35.5 Å². The van der Waals surface area contributed by atoms with Gasteiger partial charge in [-0.1, -0.05) is 160 Å². The molecule has 0 aliphatic rings. The number of carbonyl (C=O) groups is 1. The van der Waals surface area contributed by atoms with Crippen LogP contribution in [0.3, 0.4) is 0 Å². The van der Waals surface area contributed by atoms with Crippen molar-refractivity contribution in [3.8, 4) is 11.5 Å². The SMILES string of the molecule is CCCCCCCCCCCCCCCCCCOc1cccc(C(=O)/C=C/c2ccc(OCCCCCC)cc2)c1. The second kappa shape index (κ2) is 25.0. The Hall–Kier alpha value is -2.55. The summed E-state index contributed by atoms with van der Waals surface area (Å²) in [6, 6.07) is 15.5. The summed E-state index contributed by atoms with van der Waals surface area (Å²) in [5, 5.41) is 0. The van der Waals surface area contributed by atoms with Crippen molar-refractivity contribution < 1.29 is 14.3 Å². The summed E-state index contributed by atoms with van der Waals surface area (Å²) in [5.74, 6) is 1.64. The molecule has 0 aliphatic heterocycles. The van der Waals surface area contributed by atoms with Crippen LogP contribution in [0.25, 0.3) is 6.08 Å². The first-order valence-corrected chi connectivity index (χ1v) is 17.4. The Labute approximate surface area is 258 Å². The lowest BCUT2D eigenvalue weighted by Crippen LogP contribution is -2.00. The third kappa shape index (κ3) is 18.1. The summed E-state index contributed by atoms with van der Waals surface area (Å²) in [4.78, 5) is 12.7. The number of hydrogen-bond donors (Lipinski definition) is 0. The lowest BCUT2D eigenvalue weighted by Gasteiger charge is -2.07. The summed E-state index contributed by atoms with van der Waals surface area (Å²) < 4.78 is 11.8. The summed E-state index contributed by atoms with van der Waals surface area (Å²) >= 11 is 0. The van der Waals surface area contributed by atoms with Crippen LogP contribution in [0.5, 0.6) is 11.5 Å². The smallest absolute Gasteiger partial charge is 0.185 e. The number of ether oxygens (including phenoxy) is 2. The van der Waals surface area contributed by atoms with Crippen molar-refractivity contribution in [2.75, 3.05) is 13.2 Å². The molecular weight excluding hydrogens is 516 g/mol. The molecule has 42 heavy (non-hydrogen) atoms. The molecule has 3 heteroatoms. The number of ketones is 1. The van der Waals surface area contributed by atoms with Crippen LogP contribution >= 0.6 is 0 Å². The molecular formula is C39H60O3. The molecule has 0 aliphatic carbocycles. The highest BCUT2D eigenvalue weighted by Crippen LogP contribution is 2.18. The molecule has 0 atom stereocenters. The van der Waals surface area contributed by atoms with Gasteiger partial charge in [0.15, 0.2) is 5.78 Å². The zero-order valence-corrected chi connectivity index (χ0v) is 27.1. The van der Waals surface area contributed by atoms with Crippen LogP contribution in [-0.4, -0.2) is 19.0 Å². The van der Waals surface area contributed by atoms with Crippen LogP contribution in [0.15, 0.2) is 54.6 Å². The van der Waals surface area contributed by atoms with Crippen LogP contribution in [0.2, 0.25) is 0 Å². The van der Waals surface area contributed by atoms with E-state index < -0.39 is 0 Å². The highest BCUT2D eigenvalue weighted by Gasteiger charge is 2.04. The van der Waals surface area contributed by atoms with Gasteiger partial charge < -0.3 is 9.47 Å². The lowest BCUT2D eigenvalue weighted by molar-refractivity contribution is 0.104. The van der Waals surface area contributed by atoms with Gasteiger partial charge in [0.05, 0.1) is 13.2 Å². The molecule has 2 aromatic rings. The first-order chi connectivity index (χ1) is 20.7. The van der Waals surface area contributed by atoms with Crippen molar-refractivity contribution in [1.29, 1.82) is 0 Å². The largest absolute Gasteiger partial charge is 0.494 e. The molecule has 2 rings (SSSR count). The van der Waals surface area contributed by atoms with Crippen molar-refractivity contribution in [3.63, 3.8) is 0 Å². The average molecular weight is 577 g/mol. The Balaban J connectivity index is 1.51. The van der Waals surface area contributed by atoms with Crippen molar-refractivity contribution in [2.24, 2.45) is 0 Å². The highest BCUT2D eigenvalue weighted by molar-refractivity contribution is 6.07. The van der Waals surface area contributed by atoms with Gasteiger partial charge in [-0.05, 0) is 48.7 Å². The minimum Gasteiger partial charge on any atom is -0.494 e. The van der Waals surface area contributed by atoms with Gasteiger partial charge in [0.2, 0.25) is 0 Å². The molecule has 0 amide bonds. The van der Waals surface area contributed by atoms with E-state index in [0.717, 1.165) is 36.5 Å². The van der Waals surface area contributed by atoms with Gasteiger partial charge in [-0.3, -0.25) is 4.79 Å². The summed E-state index contributed by atoms with van der Waals surface area (Å²) in [6.45, 7) is 5.96. The van der Waals surface area contributed by atoms with E-state index in [-0.39, 0.29) is 5.78 Å². The molecule has 0 bridgehead atoms. The van der Waals surface area contributed by atoms with E-state index in [1.807, 2.05) is 54.6 Å². The van der Waals surface area contributed by atoms with Crippen molar-refractivity contribution in [3.05, 3.63) is 65.7 Å². The lowest BCUT2D eigenvalue weighted by atomic mass is 10.0. The third-order valence-corrected chi connectivity index (χ3v) is 7.96. The molecule has 0 saturated carbocycles. The second-order valence-corrected chi connectivity index (χ2v) is 11.9. The van der Waals surface area contributed by atoms with Crippen LogP contribution in [-0.2, 0) is 0 Å². The van der Waals surface area contributed by atoms with E-state index in [0.29, 0.717) is 12.2 Å². The fourth-order valence-corrected chi connectivity index (χ4v) is 5.24. The van der Waals surface area contributed by atoms with Crippen LogP contribution < -0.4 is 9.47 Å². The van der Waals surface area contributed by atoms with Gasteiger partial charge in [-0.25, -0.2) is 0 Å². The first kappa shape index (κ1) is 35.6. The highest BCUT2D eigenvalue weighted by atomic mass is 16.5. The fraction of sp³-hybridized carbons (Fsp3) is 0.615. The van der Waals surface area contributed by atoms with Crippen LogP contribution in [0, 0.1) is 0 Å². The van der Waals surface area contributed by atoms with Gasteiger partial charge in [0.25, 0.3) is 0 Å². The normalized spacial score (nSPS) is 11.3. The molecule has 0 unspecified atom stereocenters. The quantitative estimate of drug-likeness (QED) is 0.0603. The Bertz CT molecular complexity index is 946. The number of carbonyl (C=O) groups excluding carboxylic acids is 1. The second-order valence-electron chi connectivity index (χ2n) is 11.9. The van der Waals surface area contributed by atoms with Gasteiger partial charge in [0, 0.05) is 5.56 Å². The maximum absolute atomic E-state index is 12.7. The molecule has 0 aromatic heterocycles. The third-order valence-electron chi connectivity index (χ3n) is 7.96. The molecule has 234 valence electrons. The average Bonchev–Trinajstić information content (AvgIpc) is 3.02. The monoisotopic (exact) mass is 576 g/mol. The molecule has 3 nitrogen and oxygen atoms in total. The summed E-state index contributed by atoms with van der Waals surface area (Å²) in [5.41, 5.74) is 1.64. The zero-order valence-electron chi connectivity index (χ0n) is 27.1. The molecule has 0 fully saturated rings. The van der Waals surface area contributed by atoms with E-state index in [9.17, 15) is 4.79 Å². The van der Waals surface area contributed by atoms with Crippen molar-refractivity contribution in [2.45, 2.75) is 142 Å². The maximum Gasteiger partial charge on any atom is 0.185 e. The number of hydrogen-bond acceptors (Lipinski definition) is 3. The molecule has 2 aromatic carbocycles. The number of rotatable bonds is 27. The Kier molecular flexibility index (Phi) is 21.2. The van der Waals surface area contributed by atoms with Gasteiger partial charge >= 0.3 is 0 Å². The fourth-order valence-electron chi connectivity index (χ4n) is 5.24. The van der Waals surface area contributed by atoms with Gasteiger partial charge in [0.1, 0.15) is 11.5 Å². The Morgan fingerprint density at radius 2 is 1.00 bits per heavy atom. The van der Waals surface area contributed by atoms with Gasteiger partial charge in [-0.2, -0.15) is 0 Å². The van der Waals surface area contributed by atoms with E-state index in [2.05, 4.69) is 13.8 Å². The van der Waals surface area contributed by atoms with Crippen molar-refractivity contribution in [1.82, 2.24) is 0 Å². The number of benzene rings is 2. The summed E-state index contributed by atoms with van der Waals surface area (Å²) in [6.07, 6.45) is 30.1. The number of allylic oxidation sites excluding steroid dienone is 1. The predicted octanol–water partition coefficient (Wildman–Crippen LogP) is 12.2. The maximum atomic E-state index is 12.7. The Morgan fingerprint density at radius 1 is 0.548 bits per heavy atom. The van der Waals surface area contributed by atoms with Crippen molar-refractivity contribution >= 4 is 11.9 Å². The van der Waals surface area contributed by atoms with Crippen LogP contribution in [0.4, 0.5) is 0 Å². The minimum atomic E-state index is -0.0147. The zero-order chi connectivity index (χ0) is 29.9.